The summed E-state index contributed by atoms with van der Waals surface area (Å²) in [6.45, 7) is 4.15. The summed E-state index contributed by atoms with van der Waals surface area (Å²) < 4.78 is 5.77. The largest absolute Gasteiger partial charge is 0.440 e. The molecule has 0 unspecified atom stereocenters. The quantitative estimate of drug-likeness (QED) is 0.591. The van der Waals surface area contributed by atoms with E-state index < -0.39 is 0 Å². The molecule has 5 nitrogen and oxygen atoms in total. The second kappa shape index (κ2) is 9.48. The number of thioether (sulfide) groups is 1. The maximum atomic E-state index is 11.8. The number of aryl methyl sites for hydroxylation is 1. The summed E-state index contributed by atoms with van der Waals surface area (Å²) in [7, 11) is 0. The molecule has 0 radical (unpaired) electrons. The fourth-order valence-corrected chi connectivity index (χ4v) is 3.62. The van der Waals surface area contributed by atoms with Crippen molar-refractivity contribution in [3.05, 3.63) is 53.3 Å². The predicted octanol–water partition coefficient (Wildman–Crippen LogP) is 3.96. The number of nitrogens with one attached hydrogen (secondary N) is 1. The number of anilines is 1. The van der Waals surface area contributed by atoms with Crippen molar-refractivity contribution in [2.75, 3.05) is 23.7 Å². The van der Waals surface area contributed by atoms with Crippen LogP contribution in [0.1, 0.15) is 36.1 Å². The molecule has 2 heterocycles. The summed E-state index contributed by atoms with van der Waals surface area (Å²) in [5.41, 5.74) is 5.01. The van der Waals surface area contributed by atoms with Gasteiger partial charge in [0.1, 0.15) is 5.76 Å². The van der Waals surface area contributed by atoms with Crippen LogP contribution < -0.4 is 10.3 Å². The first-order chi connectivity index (χ1) is 12.7. The normalized spacial score (nSPS) is 14.7. The number of hydrazone groups is 1. The van der Waals surface area contributed by atoms with Gasteiger partial charge < -0.3 is 9.32 Å². The van der Waals surface area contributed by atoms with Gasteiger partial charge in [-0.15, -0.1) is 11.8 Å². The number of carbonyl (C=O) groups is 1. The maximum Gasteiger partial charge on any atom is 0.250 e. The molecule has 0 atom stereocenters. The summed E-state index contributed by atoms with van der Waals surface area (Å²) in [4.78, 5) is 14.1. The number of carbonyl (C=O) groups excluding carboxylic acids is 1. The van der Waals surface area contributed by atoms with Crippen LogP contribution in [0.5, 0.6) is 0 Å². The molecular weight excluding hydrogens is 346 g/mol. The molecule has 1 N–H and O–H groups in total. The number of hydrogen-bond donors (Lipinski definition) is 1. The van der Waals surface area contributed by atoms with E-state index in [1.165, 1.54) is 30.4 Å². The summed E-state index contributed by atoms with van der Waals surface area (Å²) in [6.07, 6.45) is 5.26. The van der Waals surface area contributed by atoms with E-state index in [9.17, 15) is 4.79 Å². The Kier molecular flexibility index (Phi) is 6.77. The Hall–Kier alpha value is -2.21. The van der Waals surface area contributed by atoms with E-state index >= 15 is 0 Å². The fraction of sp³-hybridized carbons (Fsp3) is 0.400. The Morgan fingerprint density at radius 1 is 1.19 bits per heavy atom. The molecule has 1 amide bonds. The van der Waals surface area contributed by atoms with Crippen LogP contribution in [-0.4, -0.2) is 31.0 Å². The van der Waals surface area contributed by atoms with Crippen molar-refractivity contribution in [2.24, 2.45) is 5.10 Å². The molecule has 2 aromatic rings. The van der Waals surface area contributed by atoms with Gasteiger partial charge in [0, 0.05) is 24.9 Å². The number of piperidine rings is 1. The summed E-state index contributed by atoms with van der Waals surface area (Å²) >= 11 is 1.57. The van der Waals surface area contributed by atoms with Gasteiger partial charge in [-0.25, -0.2) is 5.43 Å². The number of amides is 1. The number of hydrogen-bond acceptors (Lipinski definition) is 5. The Balaban J connectivity index is 1.38. The molecule has 1 aliphatic rings. The molecule has 1 aromatic carbocycles. The first kappa shape index (κ1) is 18.6. The van der Waals surface area contributed by atoms with Crippen molar-refractivity contribution >= 4 is 29.8 Å². The van der Waals surface area contributed by atoms with Crippen LogP contribution in [0.4, 0.5) is 5.88 Å². The Bertz CT molecular complexity index is 734. The molecular formula is C20H25N3O2S. The Labute approximate surface area is 158 Å². The zero-order valence-electron chi connectivity index (χ0n) is 15.1. The van der Waals surface area contributed by atoms with Gasteiger partial charge in [-0.2, -0.15) is 5.10 Å². The fourth-order valence-electron chi connectivity index (χ4n) is 2.84. The van der Waals surface area contributed by atoms with Gasteiger partial charge in [0.25, 0.3) is 0 Å². The highest BCUT2D eigenvalue weighted by Gasteiger charge is 2.13. The highest BCUT2D eigenvalue weighted by Crippen LogP contribution is 2.21. The van der Waals surface area contributed by atoms with Gasteiger partial charge >= 0.3 is 0 Å². The van der Waals surface area contributed by atoms with Gasteiger partial charge in [0.05, 0.1) is 12.0 Å². The van der Waals surface area contributed by atoms with E-state index in [0.29, 0.717) is 11.5 Å². The van der Waals surface area contributed by atoms with Gasteiger partial charge in [-0.3, -0.25) is 4.79 Å². The van der Waals surface area contributed by atoms with Crippen molar-refractivity contribution in [2.45, 2.75) is 31.9 Å². The molecule has 1 aliphatic heterocycles. The standard InChI is InChI=1S/C20H25N3O2S/c1-16-5-7-17(8-6-16)14-26-15-19(24)22-21-13-18-9-10-20(25-18)23-11-3-2-4-12-23/h5-10,13H,2-4,11-12,14-15H2,1H3,(H,22,24)/b21-13-. The van der Waals surface area contributed by atoms with Crippen LogP contribution in [0.3, 0.4) is 0 Å². The highest BCUT2D eigenvalue weighted by molar-refractivity contribution is 7.99. The Morgan fingerprint density at radius 2 is 1.96 bits per heavy atom. The maximum absolute atomic E-state index is 11.8. The molecule has 0 bridgehead atoms. The lowest BCUT2D eigenvalue weighted by Gasteiger charge is -2.25. The zero-order valence-corrected chi connectivity index (χ0v) is 15.9. The van der Waals surface area contributed by atoms with Gasteiger partial charge in [0.15, 0.2) is 5.88 Å². The molecule has 0 spiro atoms. The smallest absolute Gasteiger partial charge is 0.250 e. The van der Waals surface area contributed by atoms with Crippen LogP contribution in [0, 0.1) is 6.92 Å². The van der Waals surface area contributed by atoms with Crippen molar-refractivity contribution in [3.8, 4) is 0 Å². The predicted molar refractivity (Wildman–Crippen MR) is 108 cm³/mol. The molecule has 6 heteroatoms. The minimum absolute atomic E-state index is 0.110. The third kappa shape index (κ3) is 5.66. The number of furan rings is 1. The summed E-state index contributed by atoms with van der Waals surface area (Å²) in [5, 5.41) is 3.99. The minimum atomic E-state index is -0.110. The van der Waals surface area contributed by atoms with Gasteiger partial charge in [0.2, 0.25) is 5.91 Å². The Morgan fingerprint density at radius 3 is 2.73 bits per heavy atom. The highest BCUT2D eigenvalue weighted by atomic mass is 32.2. The first-order valence-corrected chi connectivity index (χ1v) is 10.2. The van der Waals surface area contributed by atoms with Crippen LogP contribution >= 0.6 is 11.8 Å². The van der Waals surface area contributed by atoms with Crippen molar-refractivity contribution in [3.63, 3.8) is 0 Å². The van der Waals surface area contributed by atoms with Crippen LogP contribution in [0.15, 0.2) is 45.9 Å². The third-order valence-corrected chi connectivity index (χ3v) is 5.29. The topological polar surface area (TPSA) is 57.8 Å². The SMILES string of the molecule is Cc1ccc(CSCC(=O)N/N=C\c2ccc(N3CCCCC3)o2)cc1. The van der Waals surface area contributed by atoms with Crippen molar-refractivity contribution in [1.29, 1.82) is 0 Å². The van der Waals surface area contributed by atoms with Gasteiger partial charge in [-0.05, 0) is 37.8 Å². The number of nitrogens with zero attached hydrogens (tertiary/aromatic N) is 2. The second-order valence-electron chi connectivity index (χ2n) is 6.50. The number of rotatable bonds is 7. The summed E-state index contributed by atoms with van der Waals surface area (Å²) in [5.74, 6) is 2.61. The minimum Gasteiger partial charge on any atom is -0.440 e. The van der Waals surface area contributed by atoms with Crippen LogP contribution in [0.25, 0.3) is 0 Å². The van der Waals surface area contributed by atoms with E-state index in [-0.39, 0.29) is 5.91 Å². The lowest BCUT2D eigenvalue weighted by molar-refractivity contribution is -0.118. The molecule has 0 saturated carbocycles. The van der Waals surface area contributed by atoms with Crippen molar-refractivity contribution < 1.29 is 9.21 Å². The molecule has 1 saturated heterocycles. The van der Waals surface area contributed by atoms with Crippen molar-refractivity contribution in [1.82, 2.24) is 5.43 Å². The monoisotopic (exact) mass is 371 g/mol. The molecule has 1 aromatic heterocycles. The van der Waals surface area contributed by atoms with E-state index in [1.54, 1.807) is 18.0 Å². The average Bonchev–Trinajstić information content (AvgIpc) is 3.13. The molecule has 1 fully saturated rings. The summed E-state index contributed by atoms with van der Waals surface area (Å²) in [6, 6.07) is 12.2. The number of benzene rings is 1. The van der Waals surface area contributed by atoms with E-state index in [4.69, 9.17) is 4.42 Å². The molecule has 0 aliphatic carbocycles. The van der Waals surface area contributed by atoms with Crippen LogP contribution in [0.2, 0.25) is 0 Å². The van der Waals surface area contributed by atoms with E-state index in [1.807, 2.05) is 12.1 Å². The third-order valence-electron chi connectivity index (χ3n) is 4.28. The van der Waals surface area contributed by atoms with Crippen LogP contribution in [-0.2, 0) is 10.5 Å². The second-order valence-corrected chi connectivity index (χ2v) is 7.48. The zero-order chi connectivity index (χ0) is 18.2. The lowest BCUT2D eigenvalue weighted by atomic mass is 10.1. The molecule has 138 valence electrons. The average molecular weight is 372 g/mol. The van der Waals surface area contributed by atoms with Gasteiger partial charge in [-0.1, -0.05) is 29.8 Å². The first-order valence-electron chi connectivity index (χ1n) is 9.01. The van der Waals surface area contributed by atoms with E-state index in [0.717, 1.165) is 24.7 Å². The molecule has 26 heavy (non-hydrogen) atoms. The molecule has 3 rings (SSSR count). The van der Waals surface area contributed by atoms with E-state index in [2.05, 4.69) is 46.6 Å². The lowest BCUT2D eigenvalue weighted by Crippen LogP contribution is -2.28.